The van der Waals surface area contributed by atoms with Crippen LogP contribution in [0, 0.1) is 13.8 Å². The highest BCUT2D eigenvalue weighted by Crippen LogP contribution is 2.22. The normalized spacial score (nSPS) is 11.0. The maximum atomic E-state index is 11.7. The topological polar surface area (TPSA) is 99.2 Å². The first-order chi connectivity index (χ1) is 11.8. The van der Waals surface area contributed by atoms with Crippen molar-refractivity contribution >= 4 is 43.8 Å². The summed E-state index contributed by atoms with van der Waals surface area (Å²) in [5, 5.41) is 16.5. The number of carbonyl (C=O) groups is 2. The van der Waals surface area contributed by atoms with Crippen LogP contribution in [0.3, 0.4) is 0 Å². The third kappa shape index (κ3) is 5.41. The van der Waals surface area contributed by atoms with E-state index in [0.29, 0.717) is 14.6 Å². The summed E-state index contributed by atoms with van der Waals surface area (Å²) in [5.74, 6) is -1.42. The quantitative estimate of drug-likeness (QED) is 0.641. The van der Waals surface area contributed by atoms with Gasteiger partial charge in [-0.25, -0.2) is 9.59 Å². The highest BCUT2D eigenvalue weighted by atomic mass is 79.9. The Morgan fingerprint density at radius 3 is 1.58 bits per heavy atom. The van der Waals surface area contributed by atoms with E-state index in [1.165, 1.54) is 4.68 Å². The number of aromatic carboxylic acids is 1. The predicted octanol–water partition coefficient (Wildman–Crippen LogP) is 3.64. The molecule has 0 saturated heterocycles. The summed E-state index contributed by atoms with van der Waals surface area (Å²) in [6.45, 7) is 9.16. The minimum Gasteiger partial charge on any atom is -0.476 e. The molecule has 2 heterocycles. The summed E-state index contributed by atoms with van der Waals surface area (Å²) in [5.41, 5.74) is 1.59. The molecule has 0 aliphatic rings. The number of nitrogens with zero attached hydrogens (tertiary/aromatic N) is 4. The molecule has 1 N–H and O–H groups in total. The molecule has 0 radical (unpaired) electrons. The summed E-state index contributed by atoms with van der Waals surface area (Å²) in [6, 6.07) is 0. The number of rotatable bonds is 2. The van der Waals surface area contributed by atoms with Crippen LogP contribution in [0.5, 0.6) is 0 Å². The minimum absolute atomic E-state index is 0.0602. The number of carboxylic acid groups (broad SMARTS) is 1. The fraction of sp³-hybridized carbons (Fsp3) is 0.500. The van der Waals surface area contributed by atoms with Gasteiger partial charge in [0.15, 0.2) is 11.4 Å². The molecule has 0 fully saturated rings. The molecule has 0 aliphatic carbocycles. The van der Waals surface area contributed by atoms with Gasteiger partial charge in [-0.1, -0.05) is 0 Å². The predicted molar refractivity (Wildman–Crippen MR) is 103 cm³/mol. The van der Waals surface area contributed by atoms with Gasteiger partial charge in [0.05, 0.1) is 20.3 Å². The number of hydrogen-bond acceptors (Lipinski definition) is 5. The Balaban J connectivity index is 0.000000273. The molecule has 10 heteroatoms. The van der Waals surface area contributed by atoms with Crippen LogP contribution in [0.1, 0.15) is 53.1 Å². The SMILES string of the molecule is Cc1c(Br)c(C(=O)O)nn1C.Cc1c(Br)c(C(=O)OC(C)(C)C)nn1C. The van der Waals surface area contributed by atoms with E-state index >= 15 is 0 Å². The molecular formula is C16H22Br2N4O4. The molecule has 0 spiro atoms. The maximum Gasteiger partial charge on any atom is 0.360 e. The molecule has 2 rings (SSSR count). The van der Waals surface area contributed by atoms with Crippen LogP contribution in [0.2, 0.25) is 0 Å². The highest BCUT2D eigenvalue weighted by Gasteiger charge is 2.24. The number of aromatic nitrogens is 4. The fourth-order valence-corrected chi connectivity index (χ4v) is 2.76. The van der Waals surface area contributed by atoms with Crippen molar-refractivity contribution in [2.45, 2.75) is 40.2 Å². The van der Waals surface area contributed by atoms with E-state index in [1.54, 1.807) is 25.7 Å². The van der Waals surface area contributed by atoms with Crippen molar-refractivity contribution in [3.8, 4) is 0 Å². The Hall–Kier alpha value is -1.68. The lowest BCUT2D eigenvalue weighted by atomic mass is 10.2. The average molecular weight is 494 g/mol. The van der Waals surface area contributed by atoms with Gasteiger partial charge in [0, 0.05) is 14.1 Å². The second kappa shape index (κ2) is 8.34. The Morgan fingerprint density at radius 1 is 0.962 bits per heavy atom. The summed E-state index contributed by atoms with van der Waals surface area (Å²) in [4.78, 5) is 22.2. The van der Waals surface area contributed by atoms with Gasteiger partial charge in [-0.05, 0) is 66.5 Å². The molecule has 2 aromatic heterocycles. The number of ether oxygens (including phenoxy) is 1. The average Bonchev–Trinajstić information content (AvgIpc) is 2.91. The van der Waals surface area contributed by atoms with Crippen molar-refractivity contribution in [3.05, 3.63) is 31.7 Å². The smallest absolute Gasteiger partial charge is 0.360 e. The van der Waals surface area contributed by atoms with Gasteiger partial charge in [-0.3, -0.25) is 9.36 Å². The highest BCUT2D eigenvalue weighted by molar-refractivity contribution is 9.11. The van der Waals surface area contributed by atoms with Gasteiger partial charge >= 0.3 is 11.9 Å². The summed E-state index contributed by atoms with van der Waals surface area (Å²) in [6.07, 6.45) is 0. The van der Waals surface area contributed by atoms with Crippen LogP contribution in [-0.4, -0.2) is 42.2 Å². The van der Waals surface area contributed by atoms with Gasteiger partial charge in [0.25, 0.3) is 0 Å². The molecule has 0 saturated carbocycles. The zero-order valence-electron chi connectivity index (χ0n) is 15.7. The molecule has 0 aromatic carbocycles. The number of hydrogen-bond donors (Lipinski definition) is 1. The minimum atomic E-state index is -1.01. The zero-order chi connectivity index (χ0) is 20.4. The molecule has 0 unspecified atom stereocenters. The molecule has 0 amide bonds. The van der Waals surface area contributed by atoms with Crippen LogP contribution in [0.15, 0.2) is 8.95 Å². The van der Waals surface area contributed by atoms with E-state index in [0.717, 1.165) is 11.4 Å². The van der Waals surface area contributed by atoms with Gasteiger partial charge in [-0.2, -0.15) is 10.2 Å². The second-order valence-electron chi connectivity index (χ2n) is 6.55. The van der Waals surface area contributed by atoms with Crippen molar-refractivity contribution in [1.82, 2.24) is 19.6 Å². The number of halogens is 2. The van der Waals surface area contributed by atoms with E-state index in [9.17, 15) is 9.59 Å². The first-order valence-electron chi connectivity index (χ1n) is 7.61. The lowest BCUT2D eigenvalue weighted by molar-refractivity contribution is 0.00608. The Labute approximate surface area is 168 Å². The standard InChI is InChI=1S/C10H15BrN2O2.C6H7BrN2O2/c1-6-7(11)8(12-13(6)5)9(14)15-10(2,3)4;1-3-4(7)5(6(10)11)8-9(3)2/h1-5H3;1-2H3,(H,10,11). The number of aryl methyl sites for hydroxylation is 2. The third-order valence-electron chi connectivity index (χ3n) is 3.32. The molecule has 26 heavy (non-hydrogen) atoms. The summed E-state index contributed by atoms with van der Waals surface area (Å²) >= 11 is 6.46. The summed E-state index contributed by atoms with van der Waals surface area (Å²) in [7, 11) is 3.49. The van der Waals surface area contributed by atoms with E-state index in [-0.39, 0.29) is 5.69 Å². The Bertz CT molecular complexity index is 834. The van der Waals surface area contributed by atoms with Crippen molar-refractivity contribution < 1.29 is 19.4 Å². The largest absolute Gasteiger partial charge is 0.476 e. The van der Waals surface area contributed by atoms with Crippen LogP contribution in [0.25, 0.3) is 0 Å². The fourth-order valence-electron chi connectivity index (χ4n) is 1.76. The van der Waals surface area contributed by atoms with Crippen molar-refractivity contribution in [2.75, 3.05) is 0 Å². The zero-order valence-corrected chi connectivity index (χ0v) is 18.9. The van der Waals surface area contributed by atoms with Gasteiger partial charge in [0.1, 0.15) is 5.60 Å². The van der Waals surface area contributed by atoms with E-state index < -0.39 is 17.5 Å². The van der Waals surface area contributed by atoms with Crippen molar-refractivity contribution in [3.63, 3.8) is 0 Å². The Kier molecular flexibility index (Phi) is 7.17. The van der Waals surface area contributed by atoms with Crippen LogP contribution >= 0.6 is 31.9 Å². The summed E-state index contributed by atoms with van der Waals surface area (Å²) < 4.78 is 9.63. The lowest BCUT2D eigenvalue weighted by Crippen LogP contribution is -2.24. The van der Waals surface area contributed by atoms with Crippen molar-refractivity contribution in [2.24, 2.45) is 14.1 Å². The third-order valence-corrected chi connectivity index (χ3v) is 5.22. The molecule has 2 aromatic rings. The number of carbonyl (C=O) groups excluding carboxylic acids is 1. The van der Waals surface area contributed by atoms with Crippen LogP contribution in [0.4, 0.5) is 0 Å². The van der Waals surface area contributed by atoms with E-state index in [2.05, 4.69) is 42.1 Å². The monoisotopic (exact) mass is 492 g/mol. The van der Waals surface area contributed by atoms with E-state index in [4.69, 9.17) is 9.84 Å². The van der Waals surface area contributed by atoms with E-state index in [1.807, 2.05) is 27.7 Å². The molecular weight excluding hydrogens is 472 g/mol. The second-order valence-corrected chi connectivity index (χ2v) is 8.14. The Morgan fingerprint density at radius 2 is 1.35 bits per heavy atom. The lowest BCUT2D eigenvalue weighted by Gasteiger charge is -2.18. The number of esters is 1. The van der Waals surface area contributed by atoms with Crippen LogP contribution in [-0.2, 0) is 18.8 Å². The number of carboxylic acids is 1. The molecule has 0 aliphatic heterocycles. The van der Waals surface area contributed by atoms with Crippen molar-refractivity contribution in [1.29, 1.82) is 0 Å². The first-order valence-corrected chi connectivity index (χ1v) is 9.19. The molecule has 144 valence electrons. The maximum absolute atomic E-state index is 11.7. The van der Waals surface area contributed by atoms with Crippen LogP contribution < -0.4 is 0 Å². The van der Waals surface area contributed by atoms with Gasteiger partial charge in [0.2, 0.25) is 0 Å². The first kappa shape index (κ1) is 22.4. The molecule has 0 bridgehead atoms. The van der Waals surface area contributed by atoms with Gasteiger partial charge in [-0.15, -0.1) is 0 Å². The van der Waals surface area contributed by atoms with Gasteiger partial charge < -0.3 is 9.84 Å². The molecule has 8 nitrogen and oxygen atoms in total. The molecule has 0 atom stereocenters.